The maximum absolute atomic E-state index is 8.93. The lowest BCUT2D eigenvalue weighted by Gasteiger charge is -2.20. The van der Waals surface area contributed by atoms with Crippen molar-refractivity contribution in [1.29, 1.82) is 0 Å². The molecule has 0 fully saturated rings. The fourth-order valence-corrected chi connectivity index (χ4v) is 2.13. The van der Waals surface area contributed by atoms with Crippen LogP contribution in [0.5, 0.6) is 23.0 Å². The number of methoxy groups -OCH3 is 3. The summed E-state index contributed by atoms with van der Waals surface area (Å²) in [6.45, 7) is 1.35. The summed E-state index contributed by atoms with van der Waals surface area (Å²) in [5, 5.41) is 8.93. The summed E-state index contributed by atoms with van der Waals surface area (Å²) in [7, 11) is 4.51. The number of benzene rings is 1. The summed E-state index contributed by atoms with van der Waals surface area (Å²) in [4.78, 5) is 0. The number of hydrogen-bond donors (Lipinski definition) is 1. The zero-order valence-corrected chi connectivity index (χ0v) is 11.6. The van der Waals surface area contributed by atoms with Gasteiger partial charge >= 0.3 is 0 Å². The van der Waals surface area contributed by atoms with Crippen LogP contribution < -0.4 is 18.9 Å². The predicted octanol–water partition coefficient (Wildman–Crippen LogP) is 2.09. The van der Waals surface area contributed by atoms with Crippen molar-refractivity contribution in [2.45, 2.75) is 12.8 Å². The van der Waals surface area contributed by atoms with Crippen LogP contribution in [0.2, 0.25) is 0 Å². The van der Waals surface area contributed by atoms with Crippen LogP contribution in [0.15, 0.2) is 0 Å². The van der Waals surface area contributed by atoms with Gasteiger partial charge in [0.1, 0.15) is 0 Å². The molecule has 1 N–H and O–H groups in total. The zero-order valence-electron chi connectivity index (χ0n) is 10.9. The predicted molar refractivity (Wildman–Crippen MR) is 68.1 cm³/mol. The van der Waals surface area contributed by atoms with Gasteiger partial charge < -0.3 is 24.1 Å². The van der Waals surface area contributed by atoms with Gasteiger partial charge in [0, 0.05) is 11.1 Å². The van der Waals surface area contributed by atoms with Crippen LogP contribution in [0, 0.1) is 6.92 Å². The molecule has 0 saturated carbocycles. The lowest BCUT2D eigenvalue weighted by molar-refractivity contribution is 0.0939. The quantitative estimate of drug-likeness (QED) is 0.637. The number of halogens is 1. The molecule has 1 aromatic rings. The molecule has 1 rings (SSSR count). The minimum Gasteiger partial charge on any atom is -0.492 e. The minimum absolute atomic E-state index is 0.233. The van der Waals surface area contributed by atoms with E-state index in [1.54, 1.807) is 0 Å². The first-order chi connectivity index (χ1) is 8.65. The third-order valence-corrected chi connectivity index (χ3v) is 2.91. The first kappa shape index (κ1) is 14.7. The molecular weight excluding hydrogens is 260 g/mol. The minimum atomic E-state index is -0.464. The van der Waals surface area contributed by atoms with Crippen LogP contribution in [0.25, 0.3) is 0 Å². The molecular formula is C12H17ClO5. The van der Waals surface area contributed by atoms with E-state index < -0.39 is 6.79 Å². The van der Waals surface area contributed by atoms with Gasteiger partial charge in [-0.2, -0.15) is 0 Å². The summed E-state index contributed by atoms with van der Waals surface area (Å²) in [6, 6.07) is 0. The molecule has 0 aliphatic heterocycles. The molecule has 0 heterocycles. The van der Waals surface area contributed by atoms with Crippen LogP contribution >= 0.6 is 11.6 Å². The monoisotopic (exact) mass is 276 g/mol. The summed E-state index contributed by atoms with van der Waals surface area (Å²) < 4.78 is 21.0. The third-order valence-electron chi connectivity index (χ3n) is 2.64. The van der Waals surface area contributed by atoms with Crippen LogP contribution in [0.3, 0.4) is 0 Å². The van der Waals surface area contributed by atoms with Gasteiger partial charge in [-0.15, -0.1) is 11.6 Å². The van der Waals surface area contributed by atoms with E-state index >= 15 is 0 Å². The highest BCUT2D eigenvalue weighted by Crippen LogP contribution is 2.49. The molecule has 0 unspecified atom stereocenters. The van der Waals surface area contributed by atoms with Crippen molar-refractivity contribution in [3.05, 3.63) is 11.1 Å². The molecule has 0 amide bonds. The Bertz CT molecular complexity index is 420. The van der Waals surface area contributed by atoms with Crippen molar-refractivity contribution in [2.24, 2.45) is 0 Å². The molecule has 0 spiro atoms. The summed E-state index contributed by atoms with van der Waals surface area (Å²) in [6.07, 6.45) is 0. The molecule has 0 bridgehead atoms. The van der Waals surface area contributed by atoms with Gasteiger partial charge in [-0.3, -0.25) is 0 Å². The molecule has 6 heteroatoms. The van der Waals surface area contributed by atoms with E-state index in [-0.39, 0.29) is 5.88 Å². The molecule has 0 aliphatic carbocycles. The maximum Gasteiger partial charge on any atom is 0.207 e. The number of rotatable bonds is 6. The molecule has 0 saturated heterocycles. The van der Waals surface area contributed by atoms with Gasteiger partial charge in [-0.05, 0) is 6.92 Å². The van der Waals surface area contributed by atoms with Crippen LogP contribution in [-0.4, -0.2) is 33.2 Å². The molecule has 0 aromatic heterocycles. The van der Waals surface area contributed by atoms with Crippen molar-refractivity contribution >= 4 is 11.6 Å². The van der Waals surface area contributed by atoms with E-state index in [1.165, 1.54) is 21.3 Å². The van der Waals surface area contributed by atoms with Crippen LogP contribution in [-0.2, 0) is 5.88 Å². The third kappa shape index (κ3) is 2.42. The Morgan fingerprint density at radius 2 is 1.44 bits per heavy atom. The smallest absolute Gasteiger partial charge is 0.207 e. The molecule has 1 aromatic carbocycles. The number of ether oxygens (including phenoxy) is 4. The van der Waals surface area contributed by atoms with Gasteiger partial charge in [-0.1, -0.05) is 0 Å². The van der Waals surface area contributed by atoms with Gasteiger partial charge in [0.05, 0.1) is 27.2 Å². The first-order valence-corrected chi connectivity index (χ1v) is 5.80. The Hall–Kier alpha value is -1.33. The van der Waals surface area contributed by atoms with Gasteiger partial charge in [-0.25, -0.2) is 0 Å². The largest absolute Gasteiger partial charge is 0.492 e. The van der Waals surface area contributed by atoms with Gasteiger partial charge in [0.25, 0.3) is 0 Å². The lowest BCUT2D eigenvalue weighted by atomic mass is 10.1. The molecule has 18 heavy (non-hydrogen) atoms. The van der Waals surface area contributed by atoms with Crippen molar-refractivity contribution < 1.29 is 24.1 Å². The van der Waals surface area contributed by atoms with Crippen LogP contribution in [0.1, 0.15) is 11.1 Å². The molecule has 0 atom stereocenters. The summed E-state index contributed by atoms with van der Waals surface area (Å²) in [5.41, 5.74) is 1.48. The number of aliphatic hydroxyl groups excluding tert-OH is 1. The zero-order chi connectivity index (χ0) is 13.7. The van der Waals surface area contributed by atoms with E-state index in [0.717, 1.165) is 11.1 Å². The molecule has 102 valence electrons. The highest BCUT2D eigenvalue weighted by molar-refractivity contribution is 6.17. The molecule has 5 nitrogen and oxygen atoms in total. The second-order valence-electron chi connectivity index (χ2n) is 3.44. The lowest BCUT2D eigenvalue weighted by Crippen LogP contribution is -2.06. The first-order valence-electron chi connectivity index (χ1n) is 5.27. The topological polar surface area (TPSA) is 57.2 Å². The van der Waals surface area contributed by atoms with Crippen LogP contribution in [0.4, 0.5) is 0 Å². The Morgan fingerprint density at radius 1 is 0.944 bits per heavy atom. The Morgan fingerprint density at radius 3 is 1.83 bits per heavy atom. The average Bonchev–Trinajstić information content (AvgIpc) is 2.39. The number of aliphatic hydroxyl groups is 1. The van der Waals surface area contributed by atoms with Crippen molar-refractivity contribution in [2.75, 3.05) is 28.1 Å². The van der Waals surface area contributed by atoms with Crippen molar-refractivity contribution in [3.63, 3.8) is 0 Å². The maximum atomic E-state index is 8.93. The summed E-state index contributed by atoms with van der Waals surface area (Å²) >= 11 is 5.92. The molecule has 0 aliphatic rings. The van der Waals surface area contributed by atoms with E-state index in [4.69, 9.17) is 35.7 Å². The van der Waals surface area contributed by atoms with Crippen molar-refractivity contribution in [3.8, 4) is 23.0 Å². The Balaban J connectivity index is 3.61. The van der Waals surface area contributed by atoms with E-state index in [1.807, 2.05) is 6.92 Å². The highest BCUT2D eigenvalue weighted by Gasteiger charge is 2.25. The normalized spacial score (nSPS) is 10.1. The number of hydrogen-bond acceptors (Lipinski definition) is 5. The Kier molecular flexibility index (Phi) is 5.37. The standard InChI is InChI=1S/C12H17ClO5/c1-7-8(5-13)10(15-2)12(17-4)11(16-3)9(7)18-6-14/h14H,5-6H2,1-4H3. The highest BCUT2D eigenvalue weighted by atomic mass is 35.5. The van der Waals surface area contributed by atoms with Crippen molar-refractivity contribution in [1.82, 2.24) is 0 Å². The molecule has 0 radical (unpaired) electrons. The van der Waals surface area contributed by atoms with Gasteiger partial charge in [0.15, 0.2) is 18.3 Å². The fourth-order valence-electron chi connectivity index (χ4n) is 1.81. The fraction of sp³-hybridized carbons (Fsp3) is 0.500. The SMILES string of the molecule is COc1c(CCl)c(C)c(OCO)c(OC)c1OC. The number of alkyl halides is 1. The second-order valence-corrected chi connectivity index (χ2v) is 3.71. The van der Waals surface area contributed by atoms with E-state index in [2.05, 4.69) is 0 Å². The Labute approximate surface area is 111 Å². The van der Waals surface area contributed by atoms with Gasteiger partial charge in [0.2, 0.25) is 11.5 Å². The van der Waals surface area contributed by atoms with E-state index in [0.29, 0.717) is 23.0 Å². The second kappa shape index (κ2) is 6.56. The van der Waals surface area contributed by atoms with E-state index in [9.17, 15) is 0 Å². The average molecular weight is 277 g/mol. The summed E-state index contributed by atoms with van der Waals surface area (Å²) in [5.74, 6) is 1.90.